The highest BCUT2D eigenvalue weighted by atomic mass is 32.2. The standard InChI is InChI=1S/C14H11F3N4O3S2/c1-8(25-13-19-7-11(26-13)21(23)24)20(12(22)18-2)10-5-3-9(4-6-10)14(15,16)17/h3-7H,1H2,2H3,(H,18,22). The summed E-state index contributed by atoms with van der Waals surface area (Å²) in [5, 5.41) is 13.0. The molecule has 0 saturated carbocycles. The number of urea groups is 1. The topological polar surface area (TPSA) is 88.4 Å². The van der Waals surface area contributed by atoms with Gasteiger partial charge in [0.15, 0.2) is 4.34 Å². The molecule has 0 aliphatic carbocycles. The van der Waals surface area contributed by atoms with Crippen LogP contribution in [0.4, 0.5) is 28.7 Å². The molecule has 1 aromatic heterocycles. The molecule has 0 aliphatic heterocycles. The molecule has 0 bridgehead atoms. The average Bonchev–Trinajstić information content (AvgIpc) is 3.03. The molecule has 2 amide bonds. The average molecular weight is 404 g/mol. The summed E-state index contributed by atoms with van der Waals surface area (Å²) in [7, 11) is 1.35. The lowest BCUT2D eigenvalue weighted by Crippen LogP contribution is -2.36. The molecule has 26 heavy (non-hydrogen) atoms. The lowest BCUT2D eigenvalue weighted by molar-refractivity contribution is -0.380. The van der Waals surface area contributed by atoms with Gasteiger partial charge in [0.2, 0.25) is 0 Å². The first-order valence-electron chi connectivity index (χ1n) is 6.79. The van der Waals surface area contributed by atoms with Crippen LogP contribution in [-0.4, -0.2) is 23.0 Å². The van der Waals surface area contributed by atoms with Gasteiger partial charge in [0.1, 0.15) is 6.20 Å². The van der Waals surface area contributed by atoms with Gasteiger partial charge in [-0.15, -0.1) is 0 Å². The van der Waals surface area contributed by atoms with Crippen molar-refractivity contribution >= 4 is 39.8 Å². The summed E-state index contributed by atoms with van der Waals surface area (Å²) in [4.78, 5) is 27.1. The van der Waals surface area contributed by atoms with Crippen LogP contribution in [0.15, 0.2) is 46.4 Å². The third kappa shape index (κ3) is 4.52. The summed E-state index contributed by atoms with van der Waals surface area (Å²) in [6, 6.07) is 3.32. The number of amides is 2. The number of nitrogens with one attached hydrogen (secondary N) is 1. The maximum Gasteiger partial charge on any atom is 0.416 e. The number of thiazole rings is 1. The number of nitro groups is 1. The van der Waals surface area contributed by atoms with Crippen LogP contribution in [-0.2, 0) is 6.18 Å². The van der Waals surface area contributed by atoms with Gasteiger partial charge in [-0.2, -0.15) is 13.2 Å². The number of halogens is 3. The second-order valence-corrected chi connectivity index (χ2v) is 6.98. The van der Waals surface area contributed by atoms with Crippen molar-refractivity contribution in [2.45, 2.75) is 10.5 Å². The van der Waals surface area contributed by atoms with Gasteiger partial charge in [0, 0.05) is 7.05 Å². The summed E-state index contributed by atoms with van der Waals surface area (Å²) >= 11 is 1.68. The number of thioether (sulfide) groups is 1. The van der Waals surface area contributed by atoms with Crippen molar-refractivity contribution in [2.24, 2.45) is 0 Å². The van der Waals surface area contributed by atoms with Crippen LogP contribution in [0.5, 0.6) is 0 Å². The van der Waals surface area contributed by atoms with Crippen LogP contribution in [0.2, 0.25) is 0 Å². The number of rotatable bonds is 5. The SMILES string of the molecule is C=C(Sc1ncc([N+](=O)[O-])s1)N(C(=O)NC)c1ccc(C(F)(F)F)cc1. The monoisotopic (exact) mass is 404 g/mol. The molecule has 2 rings (SSSR count). The second-order valence-electron chi connectivity index (χ2n) is 4.65. The molecule has 0 aliphatic rings. The van der Waals surface area contributed by atoms with E-state index >= 15 is 0 Å². The Bertz CT molecular complexity index is 837. The van der Waals surface area contributed by atoms with Crippen LogP contribution >= 0.6 is 23.1 Å². The summed E-state index contributed by atoms with van der Waals surface area (Å²) in [6.07, 6.45) is -3.43. The van der Waals surface area contributed by atoms with Crippen molar-refractivity contribution in [1.29, 1.82) is 0 Å². The van der Waals surface area contributed by atoms with Gasteiger partial charge >= 0.3 is 17.2 Å². The molecule has 0 atom stereocenters. The Morgan fingerprint density at radius 3 is 2.46 bits per heavy atom. The fourth-order valence-electron chi connectivity index (χ4n) is 1.81. The molecule has 1 aromatic carbocycles. The lowest BCUT2D eigenvalue weighted by atomic mass is 10.2. The molecule has 0 fully saturated rings. The molecule has 138 valence electrons. The van der Waals surface area contributed by atoms with Gasteiger partial charge < -0.3 is 5.32 Å². The van der Waals surface area contributed by atoms with E-state index in [9.17, 15) is 28.1 Å². The fraction of sp³-hybridized carbons (Fsp3) is 0.143. The Morgan fingerprint density at radius 2 is 2.00 bits per heavy atom. The maximum atomic E-state index is 12.7. The van der Waals surface area contributed by atoms with E-state index in [1.54, 1.807) is 0 Å². The minimum atomic E-state index is -4.50. The Hall–Kier alpha value is -2.60. The molecular formula is C14H11F3N4O3S2. The molecule has 7 nitrogen and oxygen atoms in total. The zero-order valence-corrected chi connectivity index (χ0v) is 14.7. The van der Waals surface area contributed by atoms with E-state index < -0.39 is 22.7 Å². The number of alkyl halides is 3. The highest BCUT2D eigenvalue weighted by Gasteiger charge is 2.30. The van der Waals surface area contributed by atoms with Crippen molar-refractivity contribution in [3.8, 4) is 0 Å². The number of carbonyl (C=O) groups is 1. The molecule has 0 unspecified atom stereocenters. The number of carbonyl (C=O) groups excluding carboxylic acids is 1. The Kier molecular flexibility index (Phi) is 5.87. The van der Waals surface area contributed by atoms with Gasteiger partial charge in [-0.1, -0.05) is 6.58 Å². The largest absolute Gasteiger partial charge is 0.416 e. The zero-order chi connectivity index (χ0) is 19.5. The predicted octanol–water partition coefficient (Wildman–Crippen LogP) is 4.48. The Morgan fingerprint density at radius 1 is 1.38 bits per heavy atom. The number of hydrogen-bond acceptors (Lipinski definition) is 6. The molecular weight excluding hydrogens is 393 g/mol. The number of anilines is 1. The minimum Gasteiger partial charge on any atom is -0.340 e. The van der Waals surface area contributed by atoms with Crippen molar-refractivity contribution in [1.82, 2.24) is 10.3 Å². The lowest BCUT2D eigenvalue weighted by Gasteiger charge is -2.23. The quantitative estimate of drug-likeness (QED) is 0.451. The van der Waals surface area contributed by atoms with Crippen molar-refractivity contribution in [3.05, 3.63) is 57.7 Å². The molecule has 0 spiro atoms. The van der Waals surface area contributed by atoms with Gasteiger partial charge in [-0.25, -0.2) is 9.78 Å². The molecule has 0 radical (unpaired) electrons. The smallest absolute Gasteiger partial charge is 0.340 e. The minimum absolute atomic E-state index is 0.119. The van der Waals surface area contributed by atoms with E-state index in [0.29, 0.717) is 0 Å². The molecule has 1 N–H and O–H groups in total. The normalized spacial score (nSPS) is 11.1. The van der Waals surface area contributed by atoms with E-state index in [1.807, 2.05) is 0 Å². The molecule has 1 heterocycles. The van der Waals surface area contributed by atoms with E-state index in [-0.39, 0.29) is 20.1 Å². The van der Waals surface area contributed by atoms with Crippen LogP contribution in [0, 0.1) is 10.1 Å². The maximum absolute atomic E-state index is 12.7. The third-order valence-corrected chi connectivity index (χ3v) is 4.92. The van der Waals surface area contributed by atoms with E-state index in [2.05, 4.69) is 16.9 Å². The predicted molar refractivity (Wildman–Crippen MR) is 92.1 cm³/mol. The summed E-state index contributed by atoms with van der Waals surface area (Å²) < 4.78 is 38.3. The third-order valence-electron chi connectivity index (χ3n) is 2.98. The highest BCUT2D eigenvalue weighted by Crippen LogP contribution is 2.37. The van der Waals surface area contributed by atoms with E-state index in [4.69, 9.17) is 0 Å². The second kappa shape index (κ2) is 7.74. The van der Waals surface area contributed by atoms with Gasteiger partial charge in [0.25, 0.3) is 0 Å². The van der Waals surface area contributed by atoms with Crippen molar-refractivity contribution < 1.29 is 22.9 Å². The van der Waals surface area contributed by atoms with Crippen LogP contribution in [0.1, 0.15) is 5.56 Å². The summed E-state index contributed by atoms with van der Waals surface area (Å²) in [5.41, 5.74) is -0.701. The summed E-state index contributed by atoms with van der Waals surface area (Å²) in [6.45, 7) is 3.72. The number of hydrogen-bond donors (Lipinski definition) is 1. The number of nitrogens with zero attached hydrogens (tertiary/aromatic N) is 3. The number of aromatic nitrogens is 1. The summed E-state index contributed by atoms with van der Waals surface area (Å²) in [5.74, 6) is 0. The zero-order valence-electron chi connectivity index (χ0n) is 13.1. The fourth-order valence-corrected chi connectivity index (χ4v) is 3.58. The first-order chi connectivity index (χ1) is 12.1. The van der Waals surface area contributed by atoms with E-state index in [1.165, 1.54) is 7.05 Å². The molecule has 12 heteroatoms. The van der Waals surface area contributed by atoms with E-state index in [0.717, 1.165) is 58.5 Å². The highest BCUT2D eigenvalue weighted by molar-refractivity contribution is 8.04. The van der Waals surface area contributed by atoms with Crippen molar-refractivity contribution in [3.63, 3.8) is 0 Å². The van der Waals surface area contributed by atoms with Crippen LogP contribution in [0.3, 0.4) is 0 Å². The number of benzene rings is 1. The molecule has 0 saturated heterocycles. The Balaban J connectivity index is 2.27. The first-order valence-corrected chi connectivity index (χ1v) is 8.43. The first kappa shape index (κ1) is 19.7. The van der Waals surface area contributed by atoms with Gasteiger partial charge in [0.05, 0.1) is 21.2 Å². The van der Waals surface area contributed by atoms with Crippen LogP contribution < -0.4 is 10.2 Å². The molecule has 2 aromatic rings. The Labute approximate surface area is 153 Å². The van der Waals surface area contributed by atoms with Crippen molar-refractivity contribution in [2.75, 3.05) is 11.9 Å². The van der Waals surface area contributed by atoms with Crippen LogP contribution in [0.25, 0.3) is 0 Å². The van der Waals surface area contributed by atoms with Gasteiger partial charge in [-0.3, -0.25) is 15.0 Å². The van der Waals surface area contributed by atoms with Gasteiger partial charge in [-0.05, 0) is 47.4 Å².